The van der Waals surface area contributed by atoms with Crippen molar-refractivity contribution in [3.8, 4) is 5.69 Å². The van der Waals surface area contributed by atoms with E-state index in [2.05, 4.69) is 10.4 Å². The molecule has 0 aliphatic heterocycles. The first-order chi connectivity index (χ1) is 8.65. The summed E-state index contributed by atoms with van der Waals surface area (Å²) in [6.07, 6.45) is 0.624. The normalized spacial score (nSPS) is 10.8. The van der Waals surface area contributed by atoms with Gasteiger partial charge in [0.2, 0.25) is 0 Å². The van der Waals surface area contributed by atoms with E-state index in [0.29, 0.717) is 24.2 Å². The van der Waals surface area contributed by atoms with Crippen LogP contribution in [0.1, 0.15) is 11.3 Å². The molecule has 0 bridgehead atoms. The van der Waals surface area contributed by atoms with Crippen LogP contribution < -0.4 is 10.9 Å². The SMILES string of the molecule is CNCCc1c(C)n(-c2ccccc2F)[nH]c1=O. The molecule has 0 saturated heterocycles. The van der Waals surface area contributed by atoms with Gasteiger partial charge in [-0.25, -0.2) is 4.39 Å². The number of H-pyrrole nitrogens is 1. The zero-order valence-corrected chi connectivity index (χ0v) is 10.5. The minimum Gasteiger partial charge on any atom is -0.319 e. The summed E-state index contributed by atoms with van der Waals surface area (Å²) >= 11 is 0. The van der Waals surface area contributed by atoms with Crippen LogP contribution in [0.5, 0.6) is 0 Å². The van der Waals surface area contributed by atoms with Gasteiger partial charge < -0.3 is 5.32 Å². The summed E-state index contributed by atoms with van der Waals surface area (Å²) in [5, 5.41) is 5.67. The summed E-state index contributed by atoms with van der Waals surface area (Å²) in [6.45, 7) is 2.53. The molecule has 4 nitrogen and oxygen atoms in total. The number of nitrogens with zero attached hydrogens (tertiary/aromatic N) is 1. The maximum Gasteiger partial charge on any atom is 0.267 e. The Morgan fingerprint density at radius 3 is 2.78 bits per heavy atom. The van der Waals surface area contributed by atoms with Crippen LogP contribution in [0.25, 0.3) is 5.69 Å². The van der Waals surface area contributed by atoms with E-state index >= 15 is 0 Å². The molecule has 2 rings (SSSR count). The van der Waals surface area contributed by atoms with E-state index < -0.39 is 0 Å². The maximum atomic E-state index is 13.7. The fourth-order valence-corrected chi connectivity index (χ4v) is 1.97. The lowest BCUT2D eigenvalue weighted by atomic mass is 10.2. The van der Waals surface area contributed by atoms with Crippen LogP contribution in [-0.2, 0) is 6.42 Å². The summed E-state index contributed by atoms with van der Waals surface area (Å²) < 4.78 is 15.2. The van der Waals surface area contributed by atoms with Crippen LogP contribution in [-0.4, -0.2) is 23.4 Å². The summed E-state index contributed by atoms with van der Waals surface area (Å²) in [7, 11) is 1.83. The van der Waals surface area contributed by atoms with Crippen LogP contribution in [0, 0.1) is 12.7 Å². The molecule has 2 aromatic rings. The number of rotatable bonds is 4. The predicted molar refractivity (Wildman–Crippen MR) is 68.7 cm³/mol. The Kier molecular flexibility index (Phi) is 3.62. The molecule has 0 amide bonds. The monoisotopic (exact) mass is 249 g/mol. The predicted octanol–water partition coefficient (Wildman–Crippen LogP) is 1.38. The third kappa shape index (κ3) is 2.22. The van der Waals surface area contributed by atoms with Gasteiger partial charge in [0, 0.05) is 11.3 Å². The zero-order chi connectivity index (χ0) is 13.1. The number of hydrogen-bond donors (Lipinski definition) is 2. The van der Waals surface area contributed by atoms with Crippen molar-refractivity contribution in [3.63, 3.8) is 0 Å². The molecule has 0 aliphatic carbocycles. The van der Waals surface area contributed by atoms with Gasteiger partial charge in [-0.1, -0.05) is 12.1 Å². The van der Waals surface area contributed by atoms with Crippen molar-refractivity contribution in [3.05, 3.63) is 51.7 Å². The molecule has 0 aliphatic rings. The number of benzene rings is 1. The Morgan fingerprint density at radius 2 is 2.11 bits per heavy atom. The second kappa shape index (κ2) is 5.18. The quantitative estimate of drug-likeness (QED) is 0.860. The van der Waals surface area contributed by atoms with E-state index in [0.717, 1.165) is 5.69 Å². The van der Waals surface area contributed by atoms with Crippen LogP contribution in [0.2, 0.25) is 0 Å². The minimum absolute atomic E-state index is 0.161. The topological polar surface area (TPSA) is 49.8 Å². The van der Waals surface area contributed by atoms with E-state index in [-0.39, 0.29) is 11.4 Å². The third-order valence-corrected chi connectivity index (χ3v) is 2.98. The number of para-hydroxylation sites is 1. The largest absolute Gasteiger partial charge is 0.319 e. The number of aromatic amines is 1. The highest BCUT2D eigenvalue weighted by atomic mass is 19.1. The molecule has 96 valence electrons. The molecule has 0 saturated carbocycles. The Hall–Kier alpha value is -1.88. The Balaban J connectivity index is 2.48. The zero-order valence-electron chi connectivity index (χ0n) is 10.5. The van der Waals surface area contributed by atoms with Gasteiger partial charge in [-0.2, -0.15) is 0 Å². The average Bonchev–Trinajstić information content (AvgIpc) is 2.63. The molecule has 0 unspecified atom stereocenters. The number of aromatic nitrogens is 2. The van der Waals surface area contributed by atoms with E-state index in [4.69, 9.17) is 0 Å². The van der Waals surface area contributed by atoms with Gasteiger partial charge in [0.25, 0.3) is 5.56 Å². The van der Waals surface area contributed by atoms with Crippen molar-refractivity contribution >= 4 is 0 Å². The van der Waals surface area contributed by atoms with Gasteiger partial charge in [0.1, 0.15) is 5.82 Å². The third-order valence-electron chi connectivity index (χ3n) is 2.98. The van der Waals surface area contributed by atoms with Crippen molar-refractivity contribution in [2.24, 2.45) is 0 Å². The lowest BCUT2D eigenvalue weighted by molar-refractivity contribution is 0.608. The second-order valence-corrected chi connectivity index (χ2v) is 4.15. The lowest BCUT2D eigenvalue weighted by Crippen LogP contribution is -2.15. The number of nitrogens with one attached hydrogen (secondary N) is 2. The molecule has 0 spiro atoms. The Bertz CT molecular complexity index is 601. The molecule has 18 heavy (non-hydrogen) atoms. The highest BCUT2D eigenvalue weighted by Crippen LogP contribution is 2.14. The van der Waals surface area contributed by atoms with E-state index in [1.807, 2.05) is 14.0 Å². The first-order valence-corrected chi connectivity index (χ1v) is 5.85. The molecule has 1 aromatic heterocycles. The van der Waals surface area contributed by atoms with Crippen molar-refractivity contribution in [1.29, 1.82) is 0 Å². The standard InChI is InChI=1S/C13H16FN3O/c1-9-10(7-8-15-2)13(18)16-17(9)12-6-4-3-5-11(12)14/h3-6,15H,7-8H2,1-2H3,(H,16,18). The molecule has 1 aromatic carbocycles. The smallest absolute Gasteiger partial charge is 0.267 e. The molecule has 0 fully saturated rings. The van der Waals surface area contributed by atoms with Gasteiger partial charge >= 0.3 is 0 Å². The molecule has 2 N–H and O–H groups in total. The molecule has 0 atom stereocenters. The molecule has 1 heterocycles. The fraction of sp³-hybridized carbons (Fsp3) is 0.308. The van der Waals surface area contributed by atoms with Crippen molar-refractivity contribution in [2.75, 3.05) is 13.6 Å². The van der Waals surface area contributed by atoms with Crippen LogP contribution in [0.15, 0.2) is 29.1 Å². The first kappa shape index (κ1) is 12.6. The molecular weight excluding hydrogens is 233 g/mol. The van der Waals surface area contributed by atoms with Crippen molar-refractivity contribution in [1.82, 2.24) is 15.1 Å². The Labute approximate surface area is 104 Å². The first-order valence-electron chi connectivity index (χ1n) is 5.85. The lowest BCUT2D eigenvalue weighted by Gasteiger charge is -2.07. The van der Waals surface area contributed by atoms with Gasteiger partial charge in [0.15, 0.2) is 0 Å². The van der Waals surface area contributed by atoms with Crippen molar-refractivity contribution in [2.45, 2.75) is 13.3 Å². The summed E-state index contributed by atoms with van der Waals surface area (Å²) in [5.41, 5.74) is 1.64. The molecular formula is C13H16FN3O. The number of likely N-dealkylation sites (N-methyl/N-ethyl adjacent to an activating group) is 1. The summed E-state index contributed by atoms with van der Waals surface area (Å²) in [4.78, 5) is 11.8. The van der Waals surface area contributed by atoms with Gasteiger partial charge in [-0.15, -0.1) is 0 Å². The van der Waals surface area contributed by atoms with Gasteiger partial charge in [-0.3, -0.25) is 14.6 Å². The van der Waals surface area contributed by atoms with E-state index in [1.54, 1.807) is 18.2 Å². The average molecular weight is 249 g/mol. The number of hydrogen-bond acceptors (Lipinski definition) is 2. The van der Waals surface area contributed by atoms with E-state index in [1.165, 1.54) is 10.7 Å². The van der Waals surface area contributed by atoms with Gasteiger partial charge in [0.05, 0.1) is 5.69 Å². The Morgan fingerprint density at radius 1 is 1.39 bits per heavy atom. The van der Waals surface area contributed by atoms with Crippen LogP contribution >= 0.6 is 0 Å². The highest BCUT2D eigenvalue weighted by Gasteiger charge is 2.13. The minimum atomic E-state index is -0.355. The van der Waals surface area contributed by atoms with Crippen LogP contribution in [0.3, 0.4) is 0 Å². The van der Waals surface area contributed by atoms with Gasteiger partial charge in [-0.05, 0) is 39.1 Å². The summed E-state index contributed by atoms with van der Waals surface area (Å²) in [6, 6.07) is 6.38. The number of halogens is 1. The highest BCUT2D eigenvalue weighted by molar-refractivity contribution is 5.36. The summed E-state index contributed by atoms with van der Waals surface area (Å²) in [5.74, 6) is -0.355. The maximum absolute atomic E-state index is 13.7. The fourth-order valence-electron chi connectivity index (χ4n) is 1.97. The second-order valence-electron chi connectivity index (χ2n) is 4.15. The van der Waals surface area contributed by atoms with Crippen LogP contribution in [0.4, 0.5) is 4.39 Å². The molecule has 0 radical (unpaired) electrons. The van der Waals surface area contributed by atoms with E-state index in [9.17, 15) is 9.18 Å². The molecule has 5 heteroatoms. The van der Waals surface area contributed by atoms with Crippen molar-refractivity contribution < 1.29 is 4.39 Å².